The topological polar surface area (TPSA) is 67.5 Å². The van der Waals surface area contributed by atoms with Crippen molar-refractivity contribution >= 4 is 28.0 Å². The molecule has 1 aromatic carbocycles. The van der Waals surface area contributed by atoms with Crippen molar-refractivity contribution in [3.8, 4) is 22.6 Å². The lowest BCUT2D eigenvalue weighted by Crippen LogP contribution is -2.29. The Balaban J connectivity index is 1.63. The normalized spacial score (nSPS) is 16.1. The number of imidazole rings is 1. The molecule has 0 aliphatic carbocycles. The Morgan fingerprint density at radius 2 is 2.04 bits per heavy atom. The molecular weight excluding hydrogens is 375 g/mol. The van der Waals surface area contributed by atoms with Crippen molar-refractivity contribution < 1.29 is 4.39 Å². The molecule has 0 amide bonds. The van der Waals surface area contributed by atoms with Gasteiger partial charge in [-0.2, -0.15) is 0 Å². The second-order valence-electron chi connectivity index (χ2n) is 6.57. The molecule has 0 radical (unpaired) electrons. The number of nitrogens with one attached hydrogen (secondary N) is 1. The van der Waals surface area contributed by atoms with Crippen LogP contribution >= 0.6 is 11.3 Å². The maximum absolute atomic E-state index is 13.4. The third-order valence-corrected chi connectivity index (χ3v) is 5.43. The number of thiazole rings is 1. The summed E-state index contributed by atoms with van der Waals surface area (Å²) in [4.78, 5) is 19.2. The number of rotatable bonds is 3. The van der Waals surface area contributed by atoms with E-state index in [0.29, 0.717) is 5.95 Å². The Kier molecular flexibility index (Phi) is 4.42. The number of hydrogen-bond donors (Lipinski definition) is 1. The van der Waals surface area contributed by atoms with Crippen molar-refractivity contribution in [2.24, 2.45) is 4.99 Å². The highest BCUT2D eigenvalue weighted by atomic mass is 32.1. The fourth-order valence-electron chi connectivity index (χ4n) is 3.35. The van der Waals surface area contributed by atoms with E-state index < -0.39 is 0 Å². The Bertz CT molecular complexity index is 1150. The van der Waals surface area contributed by atoms with Crippen LogP contribution < -0.4 is 5.32 Å². The molecule has 4 heterocycles. The number of benzene rings is 1. The molecule has 3 aromatic heterocycles. The van der Waals surface area contributed by atoms with E-state index in [1.54, 1.807) is 29.7 Å². The van der Waals surface area contributed by atoms with Crippen LogP contribution in [-0.2, 0) is 0 Å². The van der Waals surface area contributed by atoms with Gasteiger partial charge < -0.3 is 5.32 Å². The van der Waals surface area contributed by atoms with Gasteiger partial charge in [-0.15, -0.1) is 11.3 Å². The largest absolute Gasteiger partial charge is 0.311 e. The van der Waals surface area contributed by atoms with Gasteiger partial charge >= 0.3 is 0 Å². The molecule has 1 aliphatic rings. The second-order valence-corrected chi connectivity index (χ2v) is 7.44. The van der Waals surface area contributed by atoms with Gasteiger partial charge in [-0.25, -0.2) is 24.3 Å². The van der Waals surface area contributed by atoms with E-state index in [9.17, 15) is 4.39 Å². The Morgan fingerprint density at radius 1 is 1.14 bits per heavy atom. The smallest absolute Gasteiger partial charge is 0.249 e. The van der Waals surface area contributed by atoms with E-state index in [4.69, 9.17) is 4.98 Å². The van der Waals surface area contributed by atoms with Crippen molar-refractivity contribution in [3.05, 3.63) is 53.9 Å². The Morgan fingerprint density at radius 3 is 2.86 bits per heavy atom. The summed E-state index contributed by atoms with van der Waals surface area (Å²) in [7, 11) is 0. The van der Waals surface area contributed by atoms with Crippen molar-refractivity contribution in [2.75, 3.05) is 13.1 Å². The number of aliphatic imine (C=N–C) groups is 1. The van der Waals surface area contributed by atoms with Gasteiger partial charge in [-0.1, -0.05) is 0 Å². The zero-order valence-corrected chi connectivity index (χ0v) is 15.8. The van der Waals surface area contributed by atoms with E-state index in [1.165, 1.54) is 12.1 Å². The first kappa shape index (κ1) is 17.2. The van der Waals surface area contributed by atoms with Gasteiger partial charge in [0.25, 0.3) is 0 Å². The lowest BCUT2D eigenvalue weighted by atomic mass is 10.1. The van der Waals surface area contributed by atoms with Crippen LogP contribution in [0.25, 0.3) is 27.6 Å². The van der Waals surface area contributed by atoms with Gasteiger partial charge in [0.2, 0.25) is 5.95 Å². The number of nitrogens with zero attached hydrogens (tertiary/aromatic N) is 5. The highest BCUT2D eigenvalue weighted by Gasteiger charge is 2.18. The fraction of sp³-hybridized carbons (Fsp3) is 0.200. The molecule has 0 spiro atoms. The molecule has 4 aromatic rings. The van der Waals surface area contributed by atoms with Crippen LogP contribution in [0.1, 0.15) is 12.8 Å². The summed E-state index contributed by atoms with van der Waals surface area (Å²) in [5.41, 5.74) is 4.27. The summed E-state index contributed by atoms with van der Waals surface area (Å²) < 4.78 is 15.4. The lowest BCUT2D eigenvalue weighted by Gasteiger charge is -2.13. The molecule has 0 unspecified atom stereocenters. The minimum absolute atomic E-state index is 0.271. The maximum Gasteiger partial charge on any atom is 0.249 e. The molecule has 1 fully saturated rings. The maximum atomic E-state index is 13.4. The van der Waals surface area contributed by atoms with E-state index in [2.05, 4.69) is 20.3 Å². The average Bonchev–Trinajstić information content (AvgIpc) is 3.31. The van der Waals surface area contributed by atoms with Crippen LogP contribution in [0.3, 0.4) is 0 Å². The van der Waals surface area contributed by atoms with Gasteiger partial charge in [-0.05, 0) is 49.7 Å². The Labute approximate surface area is 164 Å². The number of hydrogen-bond acceptors (Lipinski definition) is 6. The molecule has 1 aliphatic heterocycles. The minimum Gasteiger partial charge on any atom is -0.311 e. The van der Waals surface area contributed by atoms with Crippen LogP contribution in [0.4, 0.5) is 10.3 Å². The van der Waals surface area contributed by atoms with Gasteiger partial charge in [0, 0.05) is 35.6 Å². The lowest BCUT2D eigenvalue weighted by molar-refractivity contribution is 0.628. The highest BCUT2D eigenvalue weighted by Crippen LogP contribution is 2.33. The van der Waals surface area contributed by atoms with E-state index >= 15 is 0 Å². The van der Waals surface area contributed by atoms with Crippen LogP contribution in [0.15, 0.2) is 53.1 Å². The zero-order valence-electron chi connectivity index (χ0n) is 15.0. The molecule has 1 N–H and O–H groups in total. The quantitative estimate of drug-likeness (QED) is 0.570. The number of halogens is 1. The summed E-state index contributed by atoms with van der Waals surface area (Å²) in [5, 5.41) is 5.31. The minimum atomic E-state index is -0.271. The van der Waals surface area contributed by atoms with Gasteiger partial charge in [0.05, 0.1) is 11.4 Å². The number of fused-ring (bicyclic) bond motifs is 1. The first-order valence-corrected chi connectivity index (χ1v) is 9.98. The highest BCUT2D eigenvalue weighted by molar-refractivity contribution is 7.15. The second kappa shape index (κ2) is 7.21. The Hall–Kier alpha value is -2.97. The molecule has 8 heteroatoms. The van der Waals surface area contributed by atoms with E-state index in [0.717, 1.165) is 59.2 Å². The summed E-state index contributed by atoms with van der Waals surface area (Å²) in [6, 6.07) is 8.22. The SMILES string of the molecule is Fc1ccc(-c2nc3sccn3c2-c2ccnc(N=C3CCCNC3)n2)cc1. The fourth-order valence-corrected chi connectivity index (χ4v) is 4.06. The van der Waals surface area contributed by atoms with Crippen molar-refractivity contribution in [2.45, 2.75) is 12.8 Å². The van der Waals surface area contributed by atoms with Crippen LogP contribution in [0.2, 0.25) is 0 Å². The average molecular weight is 392 g/mol. The molecule has 0 atom stereocenters. The monoisotopic (exact) mass is 392 g/mol. The van der Waals surface area contributed by atoms with Crippen molar-refractivity contribution in [1.82, 2.24) is 24.7 Å². The number of aromatic nitrogens is 4. The zero-order chi connectivity index (χ0) is 18.9. The van der Waals surface area contributed by atoms with Crippen LogP contribution in [-0.4, -0.2) is 38.2 Å². The van der Waals surface area contributed by atoms with Crippen LogP contribution in [0.5, 0.6) is 0 Å². The third-order valence-electron chi connectivity index (χ3n) is 4.67. The standard InChI is InChI=1S/C20H17FN6S/c21-14-5-3-13(4-6-14)17-18(27-10-11-28-20(27)26-17)16-7-9-23-19(25-16)24-15-2-1-8-22-12-15/h3-7,9-11,22H,1-2,8,12H2. The molecule has 0 saturated carbocycles. The predicted molar refractivity (Wildman–Crippen MR) is 109 cm³/mol. The summed E-state index contributed by atoms with van der Waals surface area (Å²) in [6.07, 6.45) is 5.72. The molecule has 28 heavy (non-hydrogen) atoms. The molecule has 6 nitrogen and oxygen atoms in total. The van der Waals surface area contributed by atoms with Crippen molar-refractivity contribution in [1.29, 1.82) is 0 Å². The molecule has 1 saturated heterocycles. The van der Waals surface area contributed by atoms with Gasteiger partial charge in [0.1, 0.15) is 11.5 Å². The summed E-state index contributed by atoms with van der Waals surface area (Å²) in [6.45, 7) is 1.79. The summed E-state index contributed by atoms with van der Waals surface area (Å²) >= 11 is 1.55. The first-order valence-electron chi connectivity index (χ1n) is 9.10. The van der Waals surface area contributed by atoms with E-state index in [1.807, 2.05) is 22.0 Å². The third kappa shape index (κ3) is 3.21. The molecule has 0 bridgehead atoms. The van der Waals surface area contributed by atoms with Crippen LogP contribution in [0, 0.1) is 5.82 Å². The van der Waals surface area contributed by atoms with E-state index in [-0.39, 0.29) is 5.82 Å². The predicted octanol–water partition coefficient (Wildman–Crippen LogP) is 4.11. The summed E-state index contributed by atoms with van der Waals surface area (Å²) in [5.74, 6) is 0.180. The van der Waals surface area contributed by atoms with Crippen molar-refractivity contribution in [3.63, 3.8) is 0 Å². The molecular formula is C20H17FN6S. The molecule has 5 rings (SSSR count). The molecule has 140 valence electrons. The van der Waals surface area contributed by atoms with Gasteiger partial charge in [0.15, 0.2) is 4.96 Å². The first-order chi connectivity index (χ1) is 13.8. The number of piperidine rings is 1. The van der Waals surface area contributed by atoms with Gasteiger partial charge in [-0.3, -0.25) is 4.40 Å².